The molecule has 0 spiro atoms. The summed E-state index contributed by atoms with van der Waals surface area (Å²) in [6, 6.07) is 7.70. The Kier molecular flexibility index (Phi) is 4.10. The van der Waals surface area contributed by atoms with Crippen molar-refractivity contribution in [1.29, 1.82) is 0 Å². The monoisotopic (exact) mass is 353 g/mol. The van der Waals surface area contributed by atoms with E-state index >= 15 is 0 Å². The molecule has 3 rings (SSSR count). The first-order valence-electron chi connectivity index (χ1n) is 7.51. The summed E-state index contributed by atoms with van der Waals surface area (Å²) in [4.78, 5) is 0. The molecule has 1 N–H and O–H groups in total. The van der Waals surface area contributed by atoms with Crippen LogP contribution in [-0.4, -0.2) is 16.0 Å². The fraction of sp³-hybridized carbons (Fsp3) is 0.222. The Labute approximate surface area is 141 Å². The van der Waals surface area contributed by atoms with Crippen LogP contribution in [0.1, 0.15) is 24.1 Å². The number of halogens is 4. The Morgan fingerprint density at radius 2 is 1.76 bits per heavy atom. The summed E-state index contributed by atoms with van der Waals surface area (Å²) in [5.41, 5.74) is 1.27. The highest BCUT2D eigenvalue weighted by Gasteiger charge is 2.31. The van der Waals surface area contributed by atoms with Gasteiger partial charge in [-0.2, -0.15) is 0 Å². The number of aromatic hydroxyl groups is 1. The summed E-state index contributed by atoms with van der Waals surface area (Å²) in [6.07, 6.45) is -3.13. The summed E-state index contributed by atoms with van der Waals surface area (Å²) in [5.74, 6) is -0.734. The van der Waals surface area contributed by atoms with E-state index in [1.165, 1.54) is 36.4 Å². The van der Waals surface area contributed by atoms with Crippen molar-refractivity contribution in [3.63, 3.8) is 0 Å². The third kappa shape index (κ3) is 3.40. The van der Waals surface area contributed by atoms with Gasteiger partial charge in [0.15, 0.2) is 5.88 Å². The molecule has 7 heteroatoms. The lowest BCUT2D eigenvalue weighted by molar-refractivity contribution is -0.274. The number of aromatic nitrogens is 1. The van der Waals surface area contributed by atoms with Crippen molar-refractivity contribution < 1.29 is 27.4 Å². The summed E-state index contributed by atoms with van der Waals surface area (Å²) >= 11 is 0. The number of hydrogen-bond donors (Lipinski definition) is 1. The topological polar surface area (TPSA) is 34.4 Å². The first-order valence-corrected chi connectivity index (χ1v) is 7.51. The van der Waals surface area contributed by atoms with Crippen molar-refractivity contribution >= 4 is 10.8 Å². The SMILES string of the molecule is Cc1cc(F)cc2cn(C(C)c3ccc(OC(F)(F)F)cc3)c(O)c12. The zero-order valence-electron chi connectivity index (χ0n) is 13.4. The molecule has 0 saturated heterocycles. The highest BCUT2D eigenvalue weighted by atomic mass is 19.4. The zero-order chi connectivity index (χ0) is 18.4. The van der Waals surface area contributed by atoms with Gasteiger partial charge in [0.2, 0.25) is 0 Å². The van der Waals surface area contributed by atoms with Gasteiger partial charge in [0, 0.05) is 17.0 Å². The van der Waals surface area contributed by atoms with Crippen LogP contribution < -0.4 is 4.74 Å². The van der Waals surface area contributed by atoms with Crippen molar-refractivity contribution in [2.45, 2.75) is 26.3 Å². The smallest absolute Gasteiger partial charge is 0.494 e. The van der Waals surface area contributed by atoms with Gasteiger partial charge >= 0.3 is 6.36 Å². The van der Waals surface area contributed by atoms with Crippen LogP contribution >= 0.6 is 0 Å². The van der Waals surface area contributed by atoms with Gasteiger partial charge in [0.1, 0.15) is 11.6 Å². The molecule has 3 nitrogen and oxygen atoms in total. The average Bonchev–Trinajstić information content (AvgIpc) is 2.82. The number of hydrogen-bond acceptors (Lipinski definition) is 2. The number of benzene rings is 2. The number of fused-ring (bicyclic) bond motifs is 1. The van der Waals surface area contributed by atoms with Gasteiger partial charge in [-0.1, -0.05) is 12.1 Å². The van der Waals surface area contributed by atoms with Gasteiger partial charge in [-0.25, -0.2) is 4.39 Å². The van der Waals surface area contributed by atoms with Crippen molar-refractivity contribution in [1.82, 2.24) is 4.57 Å². The van der Waals surface area contributed by atoms with Gasteiger partial charge in [-0.3, -0.25) is 0 Å². The van der Waals surface area contributed by atoms with Crippen LogP contribution in [0.15, 0.2) is 42.6 Å². The first-order chi connectivity index (χ1) is 11.7. The van der Waals surface area contributed by atoms with Crippen LogP contribution in [0, 0.1) is 12.7 Å². The lowest BCUT2D eigenvalue weighted by Crippen LogP contribution is -2.17. The second-order valence-electron chi connectivity index (χ2n) is 5.84. The van der Waals surface area contributed by atoms with Crippen molar-refractivity contribution in [2.75, 3.05) is 0 Å². The number of alkyl halides is 3. The molecule has 1 heterocycles. The van der Waals surface area contributed by atoms with E-state index in [1.807, 2.05) is 0 Å². The van der Waals surface area contributed by atoms with Crippen molar-refractivity contribution in [3.05, 3.63) is 59.5 Å². The molecule has 1 aromatic heterocycles. The highest BCUT2D eigenvalue weighted by molar-refractivity contribution is 5.91. The molecular weight excluding hydrogens is 338 g/mol. The molecule has 0 bridgehead atoms. The molecule has 1 unspecified atom stereocenters. The molecular formula is C18H15F4NO2. The maximum atomic E-state index is 13.5. The summed E-state index contributed by atoms with van der Waals surface area (Å²) in [6.45, 7) is 3.48. The van der Waals surface area contributed by atoms with E-state index in [0.29, 0.717) is 21.9 Å². The molecule has 3 aromatic rings. The minimum Gasteiger partial charge on any atom is -0.494 e. The Morgan fingerprint density at radius 3 is 2.36 bits per heavy atom. The third-order valence-electron chi connectivity index (χ3n) is 4.09. The summed E-state index contributed by atoms with van der Waals surface area (Å²) in [5, 5.41) is 11.6. The fourth-order valence-corrected chi connectivity index (χ4v) is 2.92. The minimum absolute atomic E-state index is 0.0179. The molecule has 0 aliphatic carbocycles. The van der Waals surface area contributed by atoms with Gasteiger partial charge in [-0.15, -0.1) is 13.2 Å². The van der Waals surface area contributed by atoms with E-state index in [2.05, 4.69) is 4.74 Å². The van der Waals surface area contributed by atoms with E-state index in [1.54, 1.807) is 24.6 Å². The second-order valence-corrected chi connectivity index (χ2v) is 5.84. The Hall–Kier alpha value is -2.70. The van der Waals surface area contributed by atoms with Gasteiger partial charge in [-0.05, 0) is 49.2 Å². The minimum atomic E-state index is -4.74. The van der Waals surface area contributed by atoms with Gasteiger partial charge < -0.3 is 14.4 Å². The second kappa shape index (κ2) is 5.98. The molecule has 2 aromatic carbocycles. The van der Waals surface area contributed by atoms with E-state index in [-0.39, 0.29) is 17.7 Å². The standard InChI is InChI=1S/C18H15F4NO2/c1-10-7-14(19)8-13-9-23(17(24)16(10)13)11(2)12-3-5-15(6-4-12)25-18(20,21)22/h3-9,11,24H,1-2H3. The quantitative estimate of drug-likeness (QED) is 0.648. The fourth-order valence-electron chi connectivity index (χ4n) is 2.92. The Morgan fingerprint density at radius 1 is 1.12 bits per heavy atom. The highest BCUT2D eigenvalue weighted by Crippen LogP contribution is 2.35. The van der Waals surface area contributed by atoms with E-state index in [0.717, 1.165) is 0 Å². The van der Waals surface area contributed by atoms with Crippen LogP contribution in [0.2, 0.25) is 0 Å². The Balaban J connectivity index is 1.95. The average molecular weight is 353 g/mol. The number of nitrogens with zero attached hydrogens (tertiary/aromatic N) is 1. The lowest BCUT2D eigenvalue weighted by atomic mass is 10.1. The van der Waals surface area contributed by atoms with Crippen LogP contribution in [-0.2, 0) is 0 Å². The first kappa shape index (κ1) is 17.1. The largest absolute Gasteiger partial charge is 0.573 e. The number of rotatable bonds is 3. The molecule has 0 radical (unpaired) electrons. The predicted octanol–water partition coefficient (Wildman–Crippen LogP) is 5.30. The molecule has 132 valence electrons. The molecule has 25 heavy (non-hydrogen) atoms. The van der Waals surface area contributed by atoms with Crippen molar-refractivity contribution in [3.8, 4) is 11.6 Å². The molecule has 0 amide bonds. The summed E-state index contributed by atoms with van der Waals surface area (Å²) in [7, 11) is 0. The van der Waals surface area contributed by atoms with Crippen LogP contribution in [0.5, 0.6) is 11.6 Å². The van der Waals surface area contributed by atoms with E-state index in [4.69, 9.17) is 0 Å². The molecule has 0 saturated carbocycles. The van der Waals surface area contributed by atoms with Gasteiger partial charge in [0.25, 0.3) is 0 Å². The lowest BCUT2D eigenvalue weighted by Gasteiger charge is -2.16. The number of aryl methyl sites for hydroxylation is 1. The zero-order valence-corrected chi connectivity index (χ0v) is 13.4. The summed E-state index contributed by atoms with van der Waals surface area (Å²) < 4.78 is 55.6. The molecule has 0 fully saturated rings. The predicted molar refractivity (Wildman–Crippen MR) is 85.2 cm³/mol. The molecule has 0 aliphatic rings. The maximum absolute atomic E-state index is 13.5. The van der Waals surface area contributed by atoms with Crippen LogP contribution in [0.4, 0.5) is 17.6 Å². The van der Waals surface area contributed by atoms with Gasteiger partial charge in [0.05, 0.1) is 6.04 Å². The van der Waals surface area contributed by atoms with Crippen molar-refractivity contribution in [2.24, 2.45) is 0 Å². The normalized spacial score (nSPS) is 13.2. The maximum Gasteiger partial charge on any atom is 0.573 e. The molecule has 0 aliphatic heterocycles. The van der Waals surface area contributed by atoms with E-state index < -0.39 is 12.2 Å². The van der Waals surface area contributed by atoms with Crippen LogP contribution in [0.3, 0.4) is 0 Å². The molecule has 1 atom stereocenters. The van der Waals surface area contributed by atoms with Crippen LogP contribution in [0.25, 0.3) is 10.8 Å². The third-order valence-corrected chi connectivity index (χ3v) is 4.09. The number of ether oxygens (including phenoxy) is 1. The Bertz CT molecular complexity index is 913. The van der Waals surface area contributed by atoms with E-state index in [9.17, 15) is 22.7 Å².